The van der Waals surface area contributed by atoms with E-state index >= 15 is 0 Å². The predicted octanol–water partition coefficient (Wildman–Crippen LogP) is 5.60. The van der Waals surface area contributed by atoms with Crippen LogP contribution < -0.4 is 0 Å². The number of hydrogen-bond donors (Lipinski definition) is 2. The van der Waals surface area contributed by atoms with E-state index in [0.29, 0.717) is 0 Å². The molecule has 0 aliphatic carbocycles. The Morgan fingerprint density at radius 2 is 1.33 bits per heavy atom. The highest BCUT2D eigenvalue weighted by molar-refractivity contribution is 7.54. The Labute approximate surface area is 164 Å². The topological polar surface area (TPSA) is 74.6 Å². The zero-order valence-electron chi connectivity index (χ0n) is 18.0. The molecule has 0 heterocycles. The lowest BCUT2D eigenvalue weighted by Gasteiger charge is -2.29. The first-order valence-corrected chi connectivity index (χ1v) is 11.1. The van der Waals surface area contributed by atoms with Crippen LogP contribution in [-0.2, 0) is 20.2 Å². The fraction of sp³-hybridized carbons (Fsp3) is 0.591. The number of hydrogen-bond acceptors (Lipinski definition) is 2. The summed E-state index contributed by atoms with van der Waals surface area (Å²) in [4.78, 5) is 32.2. The molecule has 0 amide bonds. The minimum atomic E-state index is -4.56. The first-order chi connectivity index (χ1) is 12.1. The Morgan fingerprint density at radius 1 is 0.926 bits per heavy atom. The highest BCUT2D eigenvalue weighted by Gasteiger charge is 2.48. The van der Waals surface area contributed by atoms with Crippen molar-refractivity contribution in [2.45, 2.75) is 84.2 Å². The van der Waals surface area contributed by atoms with E-state index in [1.807, 2.05) is 12.1 Å². The predicted molar refractivity (Wildman–Crippen MR) is 113 cm³/mol. The van der Waals surface area contributed by atoms with Gasteiger partial charge in [-0.15, -0.1) is 0 Å². The number of ketones is 1. The Kier molecular flexibility index (Phi) is 7.08. The molecule has 0 spiro atoms. The van der Waals surface area contributed by atoms with Crippen LogP contribution in [-0.4, -0.2) is 20.7 Å². The largest absolute Gasteiger partial charge is 0.339 e. The number of carbonyl (C=O) groups is 1. The lowest BCUT2D eigenvalue weighted by Crippen LogP contribution is -2.36. The number of benzene rings is 1. The summed E-state index contributed by atoms with van der Waals surface area (Å²) in [6, 6.07) is 6.27. The van der Waals surface area contributed by atoms with Crippen molar-refractivity contribution in [3.05, 3.63) is 41.0 Å². The lowest BCUT2D eigenvalue weighted by atomic mass is 9.79. The van der Waals surface area contributed by atoms with Gasteiger partial charge in [-0.1, -0.05) is 79.7 Å². The molecule has 152 valence electrons. The second-order valence-corrected chi connectivity index (χ2v) is 11.3. The van der Waals surface area contributed by atoms with Gasteiger partial charge in [0.2, 0.25) is 0 Å². The Morgan fingerprint density at radius 3 is 1.63 bits per heavy atom. The Bertz CT molecular complexity index is 721. The summed E-state index contributed by atoms with van der Waals surface area (Å²) in [7, 11) is -4.56. The molecule has 1 aromatic carbocycles. The summed E-state index contributed by atoms with van der Waals surface area (Å²) in [6.07, 6.45) is 3.22. The Balaban J connectivity index is 3.43. The quantitative estimate of drug-likeness (QED) is 0.486. The smallest absolute Gasteiger partial charge is 0.324 e. The molecule has 0 radical (unpaired) electrons. The van der Waals surface area contributed by atoms with Gasteiger partial charge in [0.25, 0.3) is 0 Å². The minimum Gasteiger partial charge on any atom is -0.324 e. The van der Waals surface area contributed by atoms with Gasteiger partial charge in [-0.25, -0.2) is 0 Å². The fourth-order valence-corrected chi connectivity index (χ4v) is 4.28. The molecule has 27 heavy (non-hydrogen) atoms. The summed E-state index contributed by atoms with van der Waals surface area (Å²) in [5, 5.41) is -1.64. The first kappa shape index (κ1) is 23.8. The lowest BCUT2D eigenvalue weighted by molar-refractivity contribution is -0.117. The highest BCUT2D eigenvalue weighted by Crippen LogP contribution is 2.55. The fourth-order valence-electron chi connectivity index (χ4n) is 3.09. The molecule has 1 rings (SSSR count). The Hall–Kier alpha value is -1.22. The van der Waals surface area contributed by atoms with Gasteiger partial charge in [0, 0.05) is 0 Å². The van der Waals surface area contributed by atoms with Crippen LogP contribution in [0.5, 0.6) is 0 Å². The molecule has 0 saturated heterocycles. The van der Waals surface area contributed by atoms with E-state index in [-0.39, 0.29) is 23.7 Å². The molecule has 0 fully saturated rings. The number of rotatable bonds is 6. The van der Waals surface area contributed by atoms with Crippen LogP contribution in [0.3, 0.4) is 0 Å². The number of allylic oxidation sites excluding steroid dienone is 1. The maximum absolute atomic E-state index is 12.7. The van der Waals surface area contributed by atoms with Gasteiger partial charge >= 0.3 is 7.60 Å². The van der Waals surface area contributed by atoms with Crippen LogP contribution >= 0.6 is 7.60 Å². The normalized spacial score (nSPS) is 14.0. The third kappa shape index (κ3) is 5.40. The molecule has 1 aromatic rings. The summed E-state index contributed by atoms with van der Waals surface area (Å²) in [6.45, 7) is 16.1. The number of carbonyl (C=O) groups excluding carboxylic acids is 1. The molecule has 4 nitrogen and oxygen atoms in total. The van der Waals surface area contributed by atoms with Gasteiger partial charge in [-0.2, -0.15) is 0 Å². The maximum atomic E-state index is 12.7. The van der Waals surface area contributed by atoms with Gasteiger partial charge in [0.15, 0.2) is 5.78 Å². The van der Waals surface area contributed by atoms with Crippen molar-refractivity contribution in [2.24, 2.45) is 0 Å². The van der Waals surface area contributed by atoms with E-state index in [1.165, 1.54) is 6.08 Å². The van der Waals surface area contributed by atoms with Crippen LogP contribution in [0.4, 0.5) is 0 Å². The summed E-state index contributed by atoms with van der Waals surface area (Å²) in [5.74, 6) is -0.515. The molecular weight excluding hydrogens is 359 g/mol. The molecule has 0 aromatic heterocycles. The highest BCUT2D eigenvalue weighted by atomic mass is 31.2. The standard InChI is InChI=1S/C22H35O4P/c1-9-22(10-2,27(24,25)26)19(23)12-11-16-13-17(20(3,4)5)15-18(14-16)21(6,7)8/h11-15H,9-10H2,1-8H3,(H2,24,25,26)/b12-11+. The summed E-state index contributed by atoms with van der Waals surface area (Å²) < 4.78 is 12.0. The summed E-state index contributed by atoms with van der Waals surface area (Å²) in [5.41, 5.74) is 3.10. The van der Waals surface area contributed by atoms with Crippen molar-refractivity contribution in [3.63, 3.8) is 0 Å². The van der Waals surface area contributed by atoms with Gasteiger partial charge < -0.3 is 9.79 Å². The van der Waals surface area contributed by atoms with Crippen molar-refractivity contribution in [1.29, 1.82) is 0 Å². The molecule has 5 heteroatoms. The zero-order valence-corrected chi connectivity index (χ0v) is 18.9. The van der Waals surface area contributed by atoms with Gasteiger partial charge in [0.05, 0.1) is 0 Å². The van der Waals surface area contributed by atoms with E-state index in [2.05, 4.69) is 47.6 Å². The van der Waals surface area contributed by atoms with Crippen molar-refractivity contribution >= 4 is 19.5 Å². The molecule has 2 N–H and O–H groups in total. The average Bonchev–Trinajstić information content (AvgIpc) is 2.51. The van der Waals surface area contributed by atoms with Crippen LogP contribution in [0, 0.1) is 0 Å². The average molecular weight is 394 g/mol. The van der Waals surface area contributed by atoms with Crippen LogP contribution in [0.15, 0.2) is 24.3 Å². The van der Waals surface area contributed by atoms with E-state index in [9.17, 15) is 19.1 Å². The second-order valence-electron chi connectivity index (χ2n) is 9.32. The summed E-state index contributed by atoms with van der Waals surface area (Å²) >= 11 is 0. The zero-order chi connectivity index (χ0) is 21.3. The molecule has 0 saturated carbocycles. The monoisotopic (exact) mass is 394 g/mol. The third-order valence-electron chi connectivity index (χ3n) is 5.30. The van der Waals surface area contributed by atoms with E-state index in [0.717, 1.165) is 16.7 Å². The van der Waals surface area contributed by atoms with E-state index in [4.69, 9.17) is 0 Å². The molecular formula is C22H35O4P. The molecule has 0 aliphatic rings. The molecule has 0 unspecified atom stereocenters. The molecule has 0 atom stereocenters. The second kappa shape index (κ2) is 8.03. The molecule has 0 bridgehead atoms. The van der Waals surface area contributed by atoms with Gasteiger partial charge in [-0.05, 0) is 46.4 Å². The van der Waals surface area contributed by atoms with Crippen LogP contribution in [0.25, 0.3) is 6.08 Å². The SMILES string of the molecule is CCC(CC)(C(=O)/C=C/c1cc(C(C)(C)C)cc(C(C)(C)C)c1)P(=O)(O)O. The first-order valence-electron chi connectivity index (χ1n) is 9.52. The molecule has 0 aliphatic heterocycles. The van der Waals surface area contributed by atoms with Crippen molar-refractivity contribution in [1.82, 2.24) is 0 Å². The van der Waals surface area contributed by atoms with Crippen molar-refractivity contribution < 1.29 is 19.1 Å². The van der Waals surface area contributed by atoms with E-state index < -0.39 is 18.5 Å². The van der Waals surface area contributed by atoms with Crippen molar-refractivity contribution in [2.75, 3.05) is 0 Å². The van der Waals surface area contributed by atoms with Gasteiger partial charge in [0.1, 0.15) is 5.16 Å². The van der Waals surface area contributed by atoms with Gasteiger partial charge in [-0.3, -0.25) is 9.36 Å². The van der Waals surface area contributed by atoms with Crippen LogP contribution in [0.1, 0.15) is 84.9 Å². The maximum Gasteiger partial charge on any atom is 0.339 e. The minimum absolute atomic E-state index is 0.0453. The van der Waals surface area contributed by atoms with E-state index in [1.54, 1.807) is 19.9 Å². The van der Waals surface area contributed by atoms with Crippen LogP contribution in [0.2, 0.25) is 0 Å². The third-order valence-corrected chi connectivity index (χ3v) is 7.27. The van der Waals surface area contributed by atoms with Crippen molar-refractivity contribution in [3.8, 4) is 0 Å².